The van der Waals surface area contributed by atoms with Crippen molar-refractivity contribution in [2.75, 3.05) is 6.54 Å². The minimum absolute atomic E-state index is 0.151. The lowest BCUT2D eigenvalue weighted by molar-refractivity contribution is -0.306. The van der Waals surface area contributed by atoms with Gasteiger partial charge in [0, 0.05) is 11.4 Å². The normalized spacial score (nSPS) is 15.1. The van der Waals surface area contributed by atoms with E-state index in [1.807, 2.05) is 0 Å². The first-order valence-electron chi connectivity index (χ1n) is 5.29. The molecule has 6 heteroatoms. The van der Waals surface area contributed by atoms with Gasteiger partial charge in [0.1, 0.15) is 0 Å². The molecular weight excluding hydrogens is 256 g/mol. The third kappa shape index (κ3) is 2.81. The smallest absolute Gasteiger partial charge is 0.245 e. The molecule has 1 heterocycles. The van der Waals surface area contributed by atoms with Crippen molar-refractivity contribution in [1.82, 2.24) is 10.4 Å². The van der Waals surface area contributed by atoms with Crippen molar-refractivity contribution >= 4 is 29.2 Å². The molecule has 2 rings (SSSR count). The molecule has 1 aliphatic heterocycles. The van der Waals surface area contributed by atoms with Crippen LogP contribution in [0.25, 0.3) is 5.70 Å². The summed E-state index contributed by atoms with van der Waals surface area (Å²) in [5.41, 5.74) is 4.25. The maximum absolute atomic E-state index is 11.5. The van der Waals surface area contributed by atoms with Crippen molar-refractivity contribution < 1.29 is 14.7 Å². The molecule has 1 N–H and O–H groups in total. The van der Waals surface area contributed by atoms with E-state index in [0.29, 0.717) is 10.7 Å². The molecule has 0 spiro atoms. The second-order valence-electron chi connectivity index (χ2n) is 3.79. The lowest BCUT2D eigenvalue weighted by atomic mass is 10.1. The van der Waals surface area contributed by atoms with E-state index in [1.54, 1.807) is 30.3 Å². The number of rotatable bonds is 3. The number of hydrogen-bond acceptors (Lipinski definition) is 4. The first-order valence-corrected chi connectivity index (χ1v) is 5.67. The molecular formula is C12H10ClN2O3-. The van der Waals surface area contributed by atoms with E-state index in [0.717, 1.165) is 10.6 Å². The van der Waals surface area contributed by atoms with Gasteiger partial charge >= 0.3 is 0 Å². The van der Waals surface area contributed by atoms with E-state index in [1.165, 1.54) is 0 Å². The number of carboxylic acids is 1. The van der Waals surface area contributed by atoms with E-state index in [-0.39, 0.29) is 12.3 Å². The Morgan fingerprint density at radius 3 is 2.67 bits per heavy atom. The summed E-state index contributed by atoms with van der Waals surface area (Å²) in [4.78, 5) is 22.0. The standard InChI is InChI=1S/C12H11ClN2O3/c13-9-3-1-8(2-4-9)10-5-6-11(16)15(14-10)7-12(17)18/h1-5,14H,6-7H2,(H,17,18)/p-1. The number of nitrogens with zero attached hydrogens (tertiary/aromatic N) is 1. The van der Waals surface area contributed by atoms with Crippen LogP contribution in [0.4, 0.5) is 0 Å². The van der Waals surface area contributed by atoms with E-state index >= 15 is 0 Å². The Labute approximate surface area is 109 Å². The highest BCUT2D eigenvalue weighted by Gasteiger charge is 2.19. The van der Waals surface area contributed by atoms with Crippen molar-refractivity contribution in [3.8, 4) is 0 Å². The number of hydrazine groups is 1. The second kappa shape index (κ2) is 5.10. The van der Waals surface area contributed by atoms with Crippen LogP contribution in [0.1, 0.15) is 12.0 Å². The number of carbonyl (C=O) groups excluding carboxylic acids is 2. The molecule has 0 saturated carbocycles. The van der Waals surface area contributed by atoms with Crippen LogP contribution in [0.15, 0.2) is 30.3 Å². The zero-order chi connectivity index (χ0) is 13.1. The number of benzene rings is 1. The van der Waals surface area contributed by atoms with Gasteiger partial charge in [-0.3, -0.25) is 15.2 Å². The lowest BCUT2D eigenvalue weighted by Gasteiger charge is -2.29. The number of carboxylic acid groups (broad SMARTS) is 1. The summed E-state index contributed by atoms with van der Waals surface area (Å²) in [7, 11) is 0. The Hall–Kier alpha value is -2.01. The van der Waals surface area contributed by atoms with Crippen molar-refractivity contribution in [2.24, 2.45) is 0 Å². The predicted octanol–water partition coefficient (Wildman–Crippen LogP) is 0.168. The molecule has 0 unspecified atom stereocenters. The topological polar surface area (TPSA) is 72.5 Å². The second-order valence-corrected chi connectivity index (χ2v) is 4.23. The molecule has 1 aliphatic rings. The molecule has 0 atom stereocenters. The lowest BCUT2D eigenvalue weighted by Crippen LogP contribution is -2.49. The van der Waals surface area contributed by atoms with Crippen molar-refractivity contribution in [2.45, 2.75) is 6.42 Å². The average molecular weight is 266 g/mol. The molecule has 0 bridgehead atoms. The minimum Gasteiger partial charge on any atom is -0.548 e. The van der Waals surface area contributed by atoms with Gasteiger partial charge in [-0.1, -0.05) is 23.7 Å². The molecule has 5 nitrogen and oxygen atoms in total. The van der Waals surface area contributed by atoms with Gasteiger partial charge in [0.25, 0.3) is 0 Å². The fourth-order valence-electron chi connectivity index (χ4n) is 1.62. The van der Waals surface area contributed by atoms with Gasteiger partial charge in [-0.05, 0) is 23.8 Å². The molecule has 1 amide bonds. The van der Waals surface area contributed by atoms with E-state index < -0.39 is 12.5 Å². The quantitative estimate of drug-likeness (QED) is 0.846. The maximum Gasteiger partial charge on any atom is 0.245 e. The van der Waals surface area contributed by atoms with Crippen LogP contribution in [0.5, 0.6) is 0 Å². The predicted molar refractivity (Wildman–Crippen MR) is 63.9 cm³/mol. The van der Waals surface area contributed by atoms with Crippen LogP contribution < -0.4 is 10.5 Å². The Morgan fingerprint density at radius 1 is 1.39 bits per heavy atom. The van der Waals surface area contributed by atoms with Gasteiger partial charge in [0.2, 0.25) is 5.91 Å². The SMILES string of the molecule is O=C([O-])CN1NC(c2ccc(Cl)cc2)=CCC1=O. The molecule has 0 aromatic heterocycles. The zero-order valence-corrected chi connectivity index (χ0v) is 10.1. The highest BCUT2D eigenvalue weighted by Crippen LogP contribution is 2.19. The zero-order valence-electron chi connectivity index (χ0n) is 9.35. The molecule has 0 aliphatic carbocycles. The van der Waals surface area contributed by atoms with Gasteiger partial charge in [-0.15, -0.1) is 0 Å². The molecule has 0 fully saturated rings. The largest absolute Gasteiger partial charge is 0.548 e. The molecule has 1 aromatic rings. The summed E-state index contributed by atoms with van der Waals surface area (Å²) < 4.78 is 0. The molecule has 0 saturated heterocycles. The molecule has 1 aromatic carbocycles. The third-order valence-electron chi connectivity index (χ3n) is 2.48. The molecule has 94 valence electrons. The number of carbonyl (C=O) groups is 2. The summed E-state index contributed by atoms with van der Waals surface area (Å²) in [6, 6.07) is 7.01. The van der Waals surface area contributed by atoms with Gasteiger partial charge < -0.3 is 9.90 Å². The number of amides is 1. The number of nitrogens with one attached hydrogen (secondary N) is 1. The van der Waals surface area contributed by atoms with E-state index in [2.05, 4.69) is 5.43 Å². The Morgan fingerprint density at radius 2 is 2.06 bits per heavy atom. The first-order chi connectivity index (χ1) is 8.56. The monoisotopic (exact) mass is 265 g/mol. The Balaban J connectivity index is 2.17. The number of hydrogen-bond donors (Lipinski definition) is 1. The van der Waals surface area contributed by atoms with Crippen LogP contribution in [-0.4, -0.2) is 23.4 Å². The van der Waals surface area contributed by atoms with Gasteiger partial charge in [-0.2, -0.15) is 0 Å². The van der Waals surface area contributed by atoms with Crippen LogP contribution in [0, 0.1) is 0 Å². The van der Waals surface area contributed by atoms with Gasteiger partial charge in [0.05, 0.1) is 18.2 Å². The summed E-state index contributed by atoms with van der Waals surface area (Å²) in [5, 5.41) is 12.2. The Bertz CT molecular complexity index is 511. The summed E-state index contributed by atoms with van der Waals surface area (Å²) in [6.45, 7) is -0.482. The van der Waals surface area contributed by atoms with E-state index in [4.69, 9.17) is 11.6 Å². The number of aliphatic carboxylic acids is 1. The van der Waals surface area contributed by atoms with Gasteiger partial charge in [0.15, 0.2) is 0 Å². The van der Waals surface area contributed by atoms with Gasteiger partial charge in [-0.25, -0.2) is 0 Å². The van der Waals surface area contributed by atoms with Crippen molar-refractivity contribution in [3.63, 3.8) is 0 Å². The van der Waals surface area contributed by atoms with Crippen LogP contribution in [0.3, 0.4) is 0 Å². The molecule has 0 radical (unpaired) electrons. The van der Waals surface area contributed by atoms with Crippen molar-refractivity contribution in [1.29, 1.82) is 0 Å². The van der Waals surface area contributed by atoms with Crippen LogP contribution in [0.2, 0.25) is 5.02 Å². The highest BCUT2D eigenvalue weighted by atomic mass is 35.5. The first kappa shape index (κ1) is 12.4. The molecule has 18 heavy (non-hydrogen) atoms. The number of halogens is 1. The average Bonchev–Trinajstić information content (AvgIpc) is 2.32. The summed E-state index contributed by atoms with van der Waals surface area (Å²) >= 11 is 5.78. The summed E-state index contributed by atoms with van der Waals surface area (Å²) in [6.07, 6.45) is 1.86. The summed E-state index contributed by atoms with van der Waals surface area (Å²) in [5.74, 6) is -1.62. The van der Waals surface area contributed by atoms with Crippen LogP contribution in [-0.2, 0) is 9.59 Å². The Kier molecular flexibility index (Phi) is 3.53. The fourth-order valence-corrected chi connectivity index (χ4v) is 1.75. The highest BCUT2D eigenvalue weighted by molar-refractivity contribution is 6.30. The van der Waals surface area contributed by atoms with E-state index in [9.17, 15) is 14.7 Å². The maximum atomic E-state index is 11.5. The third-order valence-corrected chi connectivity index (χ3v) is 2.73. The minimum atomic E-state index is -1.31. The van der Waals surface area contributed by atoms with Crippen molar-refractivity contribution in [3.05, 3.63) is 40.9 Å². The fraction of sp³-hybridized carbons (Fsp3) is 0.167. The van der Waals surface area contributed by atoms with Crippen LogP contribution >= 0.6 is 11.6 Å².